The molecule has 132 valence electrons. The van der Waals surface area contributed by atoms with E-state index in [4.69, 9.17) is 10.2 Å². The van der Waals surface area contributed by atoms with E-state index >= 15 is 0 Å². The molecule has 2 heterocycles. The number of nitrogens with zero attached hydrogens (tertiary/aromatic N) is 1. The zero-order valence-electron chi connectivity index (χ0n) is 13.8. The van der Waals surface area contributed by atoms with Gasteiger partial charge in [-0.15, -0.1) is 11.3 Å². The fourth-order valence-corrected chi connectivity index (χ4v) is 3.58. The van der Waals surface area contributed by atoms with Crippen molar-refractivity contribution in [1.29, 1.82) is 0 Å². The topological polar surface area (TPSA) is 94.5 Å². The van der Waals surface area contributed by atoms with Crippen LogP contribution in [0.1, 0.15) is 23.2 Å². The Morgan fingerprint density at radius 2 is 1.88 bits per heavy atom. The molecule has 3 rings (SSSR count). The average Bonchev–Trinajstić information content (AvgIpc) is 3.12. The van der Waals surface area contributed by atoms with Crippen molar-refractivity contribution in [2.75, 3.05) is 31.6 Å². The maximum atomic E-state index is 12.2. The van der Waals surface area contributed by atoms with Gasteiger partial charge in [-0.05, 0) is 36.4 Å². The zero-order valence-corrected chi connectivity index (χ0v) is 14.6. The predicted molar refractivity (Wildman–Crippen MR) is 101 cm³/mol. The lowest BCUT2D eigenvalue weighted by Gasteiger charge is -2.10. The van der Waals surface area contributed by atoms with Crippen LogP contribution in [0.5, 0.6) is 0 Å². The lowest BCUT2D eigenvalue weighted by Crippen LogP contribution is -2.24. The molecule has 25 heavy (non-hydrogen) atoms. The van der Waals surface area contributed by atoms with E-state index in [9.17, 15) is 4.79 Å². The van der Waals surface area contributed by atoms with E-state index in [1.165, 1.54) is 0 Å². The van der Waals surface area contributed by atoms with Crippen molar-refractivity contribution >= 4 is 44.1 Å². The number of carbonyl (C=O) groups is 1. The Labute approximate surface area is 149 Å². The molecular weight excluding hydrogens is 338 g/mol. The van der Waals surface area contributed by atoms with Crippen LogP contribution in [0.4, 0.5) is 5.82 Å². The summed E-state index contributed by atoms with van der Waals surface area (Å²) in [4.78, 5) is 16.9. The molecule has 0 radical (unpaired) electrons. The summed E-state index contributed by atoms with van der Waals surface area (Å²) in [6.45, 7) is 1.27. The number of aliphatic hydroxyl groups is 2. The predicted octanol–water partition coefficient (Wildman–Crippen LogP) is 2.36. The van der Waals surface area contributed by atoms with Crippen molar-refractivity contribution < 1.29 is 15.0 Å². The van der Waals surface area contributed by atoms with Gasteiger partial charge >= 0.3 is 0 Å². The molecule has 0 saturated carbocycles. The Balaban J connectivity index is 1.94. The van der Waals surface area contributed by atoms with Gasteiger partial charge in [-0.2, -0.15) is 0 Å². The van der Waals surface area contributed by atoms with E-state index in [1.807, 2.05) is 17.5 Å². The summed E-state index contributed by atoms with van der Waals surface area (Å²) in [7, 11) is 0. The van der Waals surface area contributed by atoms with Crippen molar-refractivity contribution in [2.24, 2.45) is 0 Å². The number of rotatable bonds is 8. The van der Waals surface area contributed by atoms with Crippen molar-refractivity contribution in [2.45, 2.75) is 12.8 Å². The number of fused-ring (bicyclic) bond motifs is 3. The number of thiophene rings is 1. The minimum Gasteiger partial charge on any atom is -0.396 e. The second-order valence-corrected chi connectivity index (χ2v) is 6.61. The second kappa shape index (κ2) is 8.24. The van der Waals surface area contributed by atoms with Crippen LogP contribution in [0.15, 0.2) is 29.6 Å². The van der Waals surface area contributed by atoms with E-state index in [0.29, 0.717) is 31.5 Å². The van der Waals surface area contributed by atoms with Crippen LogP contribution in [0.3, 0.4) is 0 Å². The molecule has 0 unspecified atom stereocenters. The third-order valence-corrected chi connectivity index (χ3v) is 4.85. The van der Waals surface area contributed by atoms with Gasteiger partial charge in [0.2, 0.25) is 0 Å². The largest absolute Gasteiger partial charge is 0.396 e. The number of aliphatic hydroxyl groups excluding tert-OH is 2. The van der Waals surface area contributed by atoms with E-state index in [1.54, 1.807) is 23.5 Å². The number of pyridine rings is 1. The highest BCUT2D eigenvalue weighted by Crippen LogP contribution is 2.33. The molecular formula is C18H21N3O3S. The molecule has 0 aliphatic rings. The minimum atomic E-state index is -0.168. The zero-order chi connectivity index (χ0) is 17.6. The Morgan fingerprint density at radius 1 is 1.08 bits per heavy atom. The van der Waals surface area contributed by atoms with Gasteiger partial charge in [0.05, 0.1) is 5.52 Å². The number of hydrogen-bond donors (Lipinski definition) is 4. The van der Waals surface area contributed by atoms with Crippen molar-refractivity contribution in [3.8, 4) is 0 Å². The molecule has 3 aromatic rings. The quantitative estimate of drug-likeness (QED) is 0.463. The molecule has 1 amide bonds. The Bertz CT molecular complexity index is 879. The van der Waals surface area contributed by atoms with Gasteiger partial charge in [0.25, 0.3) is 5.91 Å². The van der Waals surface area contributed by atoms with Crippen molar-refractivity contribution in [3.63, 3.8) is 0 Å². The smallest absolute Gasteiger partial charge is 0.251 e. The fraction of sp³-hybridized carbons (Fsp3) is 0.333. The van der Waals surface area contributed by atoms with Gasteiger partial charge in [-0.25, -0.2) is 4.98 Å². The van der Waals surface area contributed by atoms with Crippen LogP contribution in [-0.2, 0) is 0 Å². The van der Waals surface area contributed by atoms with Gasteiger partial charge < -0.3 is 20.8 Å². The monoisotopic (exact) mass is 359 g/mol. The van der Waals surface area contributed by atoms with Crippen LogP contribution in [0.2, 0.25) is 0 Å². The number of nitrogens with one attached hydrogen (secondary N) is 2. The summed E-state index contributed by atoms with van der Waals surface area (Å²) in [6, 6.07) is 7.55. The molecule has 7 heteroatoms. The van der Waals surface area contributed by atoms with Crippen LogP contribution >= 0.6 is 11.3 Å². The molecule has 0 fully saturated rings. The highest BCUT2D eigenvalue weighted by Gasteiger charge is 2.12. The molecule has 0 atom stereocenters. The first kappa shape index (κ1) is 17.6. The lowest BCUT2D eigenvalue weighted by molar-refractivity contribution is 0.0951. The first-order valence-electron chi connectivity index (χ1n) is 8.29. The lowest BCUT2D eigenvalue weighted by atomic mass is 10.1. The number of carbonyl (C=O) groups excluding carboxylic acids is 1. The van der Waals surface area contributed by atoms with Crippen LogP contribution in [0.25, 0.3) is 21.0 Å². The van der Waals surface area contributed by atoms with E-state index in [-0.39, 0.29) is 19.1 Å². The highest BCUT2D eigenvalue weighted by atomic mass is 32.1. The number of anilines is 1. The van der Waals surface area contributed by atoms with Crippen LogP contribution < -0.4 is 10.6 Å². The second-order valence-electron chi connectivity index (χ2n) is 5.69. The molecule has 4 N–H and O–H groups in total. The van der Waals surface area contributed by atoms with Gasteiger partial charge in [-0.1, -0.05) is 6.07 Å². The molecule has 0 bridgehead atoms. The molecule has 0 aliphatic heterocycles. The third-order valence-electron chi connectivity index (χ3n) is 3.90. The standard InChI is InChI=1S/C18H21N3O3S/c22-8-1-6-19-17-14-5-10-25-16(14)13-4-3-12(11-15(13)21-17)18(24)20-7-2-9-23/h3-5,10-11,22-23H,1-2,6-9H2,(H,19,21)(H,20,24). The van der Waals surface area contributed by atoms with E-state index in [2.05, 4.69) is 15.6 Å². The minimum absolute atomic E-state index is 0.0544. The molecule has 0 spiro atoms. The van der Waals surface area contributed by atoms with Gasteiger partial charge in [0, 0.05) is 47.3 Å². The normalized spacial score (nSPS) is 11.1. The maximum Gasteiger partial charge on any atom is 0.251 e. The maximum absolute atomic E-state index is 12.2. The summed E-state index contributed by atoms with van der Waals surface area (Å²) in [5.41, 5.74) is 1.31. The summed E-state index contributed by atoms with van der Waals surface area (Å²) in [5.74, 6) is 0.605. The SMILES string of the molecule is O=C(NCCCO)c1ccc2c(c1)nc(NCCCO)c1ccsc12. The Hall–Kier alpha value is -2.22. The fourth-order valence-electron chi connectivity index (χ4n) is 2.65. The highest BCUT2D eigenvalue weighted by molar-refractivity contribution is 7.18. The molecule has 0 saturated heterocycles. The van der Waals surface area contributed by atoms with Gasteiger partial charge in [0.15, 0.2) is 0 Å². The first-order chi connectivity index (χ1) is 12.2. The molecule has 1 aromatic carbocycles. The molecule has 2 aromatic heterocycles. The van der Waals surface area contributed by atoms with Crippen LogP contribution in [0, 0.1) is 0 Å². The van der Waals surface area contributed by atoms with E-state index in [0.717, 1.165) is 26.8 Å². The molecule has 6 nitrogen and oxygen atoms in total. The van der Waals surface area contributed by atoms with E-state index < -0.39 is 0 Å². The molecule has 0 aliphatic carbocycles. The Kier molecular flexibility index (Phi) is 5.80. The summed E-state index contributed by atoms with van der Waals surface area (Å²) in [6.07, 6.45) is 1.19. The number of aromatic nitrogens is 1. The first-order valence-corrected chi connectivity index (χ1v) is 9.17. The van der Waals surface area contributed by atoms with Crippen molar-refractivity contribution in [1.82, 2.24) is 10.3 Å². The average molecular weight is 359 g/mol. The summed E-state index contributed by atoms with van der Waals surface area (Å²) in [5, 5.41) is 27.9. The third kappa shape index (κ3) is 3.89. The summed E-state index contributed by atoms with van der Waals surface area (Å²) >= 11 is 1.64. The van der Waals surface area contributed by atoms with Gasteiger partial charge in [-0.3, -0.25) is 4.79 Å². The van der Waals surface area contributed by atoms with Gasteiger partial charge in [0.1, 0.15) is 5.82 Å². The number of benzene rings is 1. The van der Waals surface area contributed by atoms with Crippen molar-refractivity contribution in [3.05, 3.63) is 35.2 Å². The summed E-state index contributed by atoms with van der Waals surface area (Å²) < 4.78 is 1.13. The number of amides is 1. The Morgan fingerprint density at radius 3 is 2.68 bits per heavy atom. The number of hydrogen-bond acceptors (Lipinski definition) is 6. The van der Waals surface area contributed by atoms with Crippen LogP contribution in [-0.4, -0.2) is 47.4 Å².